The zero-order valence-corrected chi connectivity index (χ0v) is 15.9. The van der Waals surface area contributed by atoms with Crippen molar-refractivity contribution in [1.29, 1.82) is 0 Å². The first-order valence-corrected chi connectivity index (χ1v) is 8.96. The third-order valence-corrected chi connectivity index (χ3v) is 4.81. The number of pyridine rings is 1. The van der Waals surface area contributed by atoms with E-state index in [1.807, 2.05) is 57.0 Å². The Balaban J connectivity index is 1.69. The lowest BCUT2D eigenvalue weighted by atomic mass is 10.1. The summed E-state index contributed by atoms with van der Waals surface area (Å²) in [5.41, 5.74) is 3.98. The summed E-state index contributed by atoms with van der Waals surface area (Å²) in [5, 5.41) is 5.25. The topological polar surface area (TPSA) is 69.5 Å². The number of aromatic nitrogens is 3. The molecule has 27 heavy (non-hydrogen) atoms. The molecule has 0 N–H and O–H groups in total. The Kier molecular flexibility index (Phi) is 4.22. The van der Waals surface area contributed by atoms with Crippen LogP contribution in [0.1, 0.15) is 34.2 Å². The minimum Gasteiger partial charge on any atom is -0.454 e. The fourth-order valence-electron chi connectivity index (χ4n) is 3.50. The van der Waals surface area contributed by atoms with E-state index >= 15 is 0 Å². The number of fused-ring (bicyclic) bond motifs is 2. The Labute approximate surface area is 157 Å². The first-order valence-electron chi connectivity index (χ1n) is 8.96. The Morgan fingerprint density at radius 1 is 1.22 bits per heavy atom. The molecule has 1 aromatic carbocycles. The lowest BCUT2D eigenvalue weighted by Gasteiger charge is -2.22. The molecule has 0 fully saturated rings. The third-order valence-electron chi connectivity index (χ3n) is 4.81. The molecular formula is C20H22N4O3. The first kappa shape index (κ1) is 17.3. The zero-order chi connectivity index (χ0) is 19.1. The number of amides is 1. The van der Waals surface area contributed by atoms with Crippen molar-refractivity contribution in [3.8, 4) is 11.5 Å². The summed E-state index contributed by atoms with van der Waals surface area (Å²) < 4.78 is 12.5. The van der Waals surface area contributed by atoms with Crippen LogP contribution in [0, 0.1) is 13.8 Å². The van der Waals surface area contributed by atoms with Gasteiger partial charge in [-0.3, -0.25) is 9.48 Å². The van der Waals surface area contributed by atoms with Crippen LogP contribution < -0.4 is 9.47 Å². The number of ether oxygens (including phenoxy) is 2. The molecule has 0 saturated heterocycles. The van der Waals surface area contributed by atoms with Gasteiger partial charge in [-0.05, 0) is 44.5 Å². The lowest BCUT2D eigenvalue weighted by Crippen LogP contribution is -2.30. The van der Waals surface area contributed by atoms with Crippen LogP contribution in [0.15, 0.2) is 24.3 Å². The van der Waals surface area contributed by atoms with E-state index in [1.165, 1.54) is 0 Å². The average molecular weight is 366 g/mol. The number of benzene rings is 1. The molecule has 4 rings (SSSR count). The average Bonchev–Trinajstić information content (AvgIpc) is 3.22. The highest BCUT2D eigenvalue weighted by atomic mass is 16.7. The molecule has 0 saturated carbocycles. The maximum atomic E-state index is 13.3. The molecule has 0 unspecified atom stereocenters. The van der Waals surface area contributed by atoms with Gasteiger partial charge < -0.3 is 14.4 Å². The van der Waals surface area contributed by atoms with Gasteiger partial charge in [0.1, 0.15) is 0 Å². The SMILES string of the molecule is CCN(Cc1ccc2c(c1)OCO2)C(=O)c1cc(C)nc2c1c(C)nn2C. The molecule has 1 aliphatic rings. The van der Waals surface area contributed by atoms with E-state index in [4.69, 9.17) is 9.47 Å². The molecule has 0 atom stereocenters. The van der Waals surface area contributed by atoms with Crippen molar-refractivity contribution in [3.63, 3.8) is 0 Å². The van der Waals surface area contributed by atoms with Gasteiger partial charge in [0, 0.05) is 25.8 Å². The van der Waals surface area contributed by atoms with E-state index in [0.717, 1.165) is 39.5 Å². The minimum absolute atomic E-state index is 0.0261. The molecule has 7 heteroatoms. The molecule has 7 nitrogen and oxygen atoms in total. The van der Waals surface area contributed by atoms with Crippen LogP contribution in [-0.2, 0) is 13.6 Å². The van der Waals surface area contributed by atoms with Gasteiger partial charge in [0.25, 0.3) is 5.91 Å². The van der Waals surface area contributed by atoms with Crippen LogP contribution in [-0.4, -0.2) is 38.9 Å². The summed E-state index contributed by atoms with van der Waals surface area (Å²) in [6.45, 7) is 7.11. The van der Waals surface area contributed by atoms with E-state index in [-0.39, 0.29) is 12.7 Å². The van der Waals surface area contributed by atoms with Crippen LogP contribution in [0.2, 0.25) is 0 Å². The molecule has 0 radical (unpaired) electrons. The Hall–Kier alpha value is -3.09. The van der Waals surface area contributed by atoms with Crippen molar-refractivity contribution in [2.24, 2.45) is 7.05 Å². The van der Waals surface area contributed by atoms with Gasteiger partial charge in [-0.25, -0.2) is 4.98 Å². The Morgan fingerprint density at radius 3 is 2.78 bits per heavy atom. The number of aryl methyl sites for hydroxylation is 3. The number of hydrogen-bond acceptors (Lipinski definition) is 5. The molecule has 0 aliphatic carbocycles. The summed E-state index contributed by atoms with van der Waals surface area (Å²) >= 11 is 0. The van der Waals surface area contributed by atoms with Crippen molar-refractivity contribution in [2.45, 2.75) is 27.3 Å². The van der Waals surface area contributed by atoms with E-state index in [0.29, 0.717) is 18.7 Å². The largest absolute Gasteiger partial charge is 0.454 e. The predicted molar refractivity (Wildman–Crippen MR) is 101 cm³/mol. The second-order valence-corrected chi connectivity index (χ2v) is 6.73. The molecule has 3 aromatic rings. The third kappa shape index (κ3) is 2.99. The van der Waals surface area contributed by atoms with E-state index < -0.39 is 0 Å². The van der Waals surface area contributed by atoms with Crippen molar-refractivity contribution >= 4 is 16.9 Å². The van der Waals surface area contributed by atoms with Crippen molar-refractivity contribution in [1.82, 2.24) is 19.7 Å². The highest BCUT2D eigenvalue weighted by Gasteiger charge is 2.22. The maximum absolute atomic E-state index is 13.3. The summed E-state index contributed by atoms with van der Waals surface area (Å²) in [6.07, 6.45) is 0. The van der Waals surface area contributed by atoms with Crippen molar-refractivity contribution < 1.29 is 14.3 Å². The monoisotopic (exact) mass is 366 g/mol. The molecule has 0 bridgehead atoms. The fourth-order valence-corrected chi connectivity index (χ4v) is 3.50. The minimum atomic E-state index is -0.0261. The standard InChI is InChI=1S/C20H22N4O3/c1-5-24(10-14-6-7-16-17(9-14)27-11-26-16)20(25)15-8-12(2)21-19-18(15)13(3)22-23(19)4/h6-9H,5,10-11H2,1-4H3. The predicted octanol–water partition coefficient (Wildman–Crippen LogP) is 2.98. The number of carbonyl (C=O) groups excluding carboxylic acids is 1. The van der Waals surface area contributed by atoms with Gasteiger partial charge in [-0.15, -0.1) is 0 Å². The van der Waals surface area contributed by atoms with Gasteiger partial charge in [-0.2, -0.15) is 5.10 Å². The lowest BCUT2D eigenvalue weighted by molar-refractivity contribution is 0.0754. The zero-order valence-electron chi connectivity index (χ0n) is 15.9. The molecule has 2 aromatic heterocycles. The molecule has 1 amide bonds. The van der Waals surface area contributed by atoms with E-state index in [2.05, 4.69) is 10.1 Å². The van der Waals surface area contributed by atoms with Crippen LogP contribution in [0.25, 0.3) is 11.0 Å². The molecule has 1 aliphatic heterocycles. The maximum Gasteiger partial charge on any atom is 0.255 e. The van der Waals surface area contributed by atoms with Crippen LogP contribution in [0.3, 0.4) is 0 Å². The van der Waals surface area contributed by atoms with Crippen LogP contribution in [0.5, 0.6) is 11.5 Å². The quantitative estimate of drug-likeness (QED) is 0.710. The van der Waals surface area contributed by atoms with E-state index in [9.17, 15) is 4.79 Å². The molecule has 140 valence electrons. The highest BCUT2D eigenvalue weighted by molar-refractivity contribution is 6.06. The second-order valence-electron chi connectivity index (χ2n) is 6.73. The summed E-state index contributed by atoms with van der Waals surface area (Å²) in [4.78, 5) is 19.7. The highest BCUT2D eigenvalue weighted by Crippen LogP contribution is 2.33. The van der Waals surface area contributed by atoms with Gasteiger partial charge in [0.2, 0.25) is 6.79 Å². The smallest absolute Gasteiger partial charge is 0.255 e. The molecular weight excluding hydrogens is 344 g/mol. The van der Waals surface area contributed by atoms with Gasteiger partial charge >= 0.3 is 0 Å². The van der Waals surface area contributed by atoms with Crippen LogP contribution >= 0.6 is 0 Å². The van der Waals surface area contributed by atoms with Crippen molar-refractivity contribution in [3.05, 3.63) is 46.8 Å². The summed E-state index contributed by atoms with van der Waals surface area (Å²) in [6, 6.07) is 7.63. The number of nitrogens with zero attached hydrogens (tertiary/aromatic N) is 4. The van der Waals surface area contributed by atoms with Gasteiger partial charge in [0.15, 0.2) is 17.1 Å². The molecule has 3 heterocycles. The Bertz CT molecular complexity index is 1040. The van der Waals surface area contributed by atoms with Gasteiger partial charge in [0.05, 0.1) is 16.6 Å². The van der Waals surface area contributed by atoms with Gasteiger partial charge in [-0.1, -0.05) is 6.07 Å². The fraction of sp³-hybridized carbons (Fsp3) is 0.350. The Morgan fingerprint density at radius 2 is 2.00 bits per heavy atom. The normalized spacial score (nSPS) is 12.6. The summed E-state index contributed by atoms with van der Waals surface area (Å²) in [7, 11) is 1.85. The number of carbonyl (C=O) groups is 1. The molecule has 0 spiro atoms. The van der Waals surface area contributed by atoms with E-state index in [1.54, 1.807) is 4.68 Å². The second kappa shape index (κ2) is 6.57. The number of rotatable bonds is 4. The van der Waals surface area contributed by atoms with Crippen molar-refractivity contribution in [2.75, 3.05) is 13.3 Å². The first-order chi connectivity index (χ1) is 13.0. The summed E-state index contributed by atoms with van der Waals surface area (Å²) in [5.74, 6) is 1.44. The number of hydrogen-bond donors (Lipinski definition) is 0. The van der Waals surface area contributed by atoms with Crippen LogP contribution in [0.4, 0.5) is 0 Å².